The van der Waals surface area contributed by atoms with Crippen LogP contribution in [0.15, 0.2) is 126 Å². The normalized spacial score (nSPS) is 14.7. The smallest absolute Gasteiger partial charge is 0.271 e. The van der Waals surface area contributed by atoms with Crippen LogP contribution in [0.2, 0.25) is 5.04 Å². The predicted octanol–water partition coefficient (Wildman–Crippen LogP) is 6.97. The molecule has 1 N–H and O–H groups in total. The van der Waals surface area contributed by atoms with E-state index in [1.165, 1.54) is 27.2 Å². The second-order valence-electron chi connectivity index (χ2n) is 13.7. The van der Waals surface area contributed by atoms with Gasteiger partial charge in [0.05, 0.1) is 29.6 Å². The molecule has 248 valence electrons. The minimum atomic E-state index is -2.76. The Kier molecular flexibility index (Phi) is 8.64. The van der Waals surface area contributed by atoms with E-state index in [0.717, 1.165) is 28.9 Å². The van der Waals surface area contributed by atoms with E-state index in [1.54, 1.807) is 24.3 Å². The molecule has 4 aromatic carbocycles. The molecule has 7 nitrogen and oxygen atoms in total. The number of hydrogen-bond donors (Lipinski definition) is 1. The number of benzene rings is 4. The number of nitrogens with one attached hydrogen (secondary N) is 1. The van der Waals surface area contributed by atoms with Gasteiger partial charge in [-0.1, -0.05) is 99.6 Å². The maximum absolute atomic E-state index is 14.0. The van der Waals surface area contributed by atoms with Crippen molar-refractivity contribution >= 4 is 24.5 Å². The molecule has 6 aromatic rings. The number of anilines is 1. The summed E-state index contributed by atoms with van der Waals surface area (Å²) in [5.41, 5.74) is 4.18. The second kappa shape index (κ2) is 13.1. The van der Waals surface area contributed by atoms with Gasteiger partial charge in [0.2, 0.25) is 0 Å². The van der Waals surface area contributed by atoms with Crippen molar-refractivity contribution in [3.8, 4) is 28.2 Å². The molecule has 3 heterocycles. The fraction of sp³-hybridized carbons (Fsp3) is 0.225. The molecule has 1 aliphatic heterocycles. The molecule has 0 amide bonds. The van der Waals surface area contributed by atoms with E-state index in [2.05, 4.69) is 86.8 Å². The molecule has 0 saturated carbocycles. The highest BCUT2D eigenvalue weighted by Gasteiger charge is 2.50. The number of aryl methyl sites for hydroxylation is 2. The predicted molar refractivity (Wildman–Crippen MR) is 197 cm³/mol. The molecule has 0 saturated heterocycles. The molecule has 0 aliphatic carbocycles. The lowest BCUT2D eigenvalue weighted by molar-refractivity contribution is 0.264. The Bertz CT molecular complexity index is 2100. The molecule has 0 spiro atoms. The fourth-order valence-corrected chi connectivity index (χ4v) is 11.6. The van der Waals surface area contributed by atoms with Gasteiger partial charge in [0, 0.05) is 18.2 Å². The summed E-state index contributed by atoms with van der Waals surface area (Å²) in [6.07, 6.45) is 0.797. The Morgan fingerprint density at radius 3 is 2.10 bits per heavy atom. The number of hydrogen-bond acceptors (Lipinski definition) is 5. The second-order valence-corrected chi connectivity index (χ2v) is 18.0. The maximum atomic E-state index is 14.0. The standard InChI is InChI=1S/C40H40FN5O2Si/c1-28-13-11-12-18-35(28)46-36(47)24-23-34(43-46)37-38(29-19-21-30(41)22-20-29)44-45-26-25-31(42-39(37)45)27-48-49(40(2,3)4,32-14-7-5-8-15-32)33-16-9-6-10-17-33/h5-24,31,42H,25-27H2,1-4H3/t31-/m0/s1. The topological polar surface area (TPSA) is 74.0 Å². The van der Waals surface area contributed by atoms with Crippen LogP contribution >= 0.6 is 0 Å². The summed E-state index contributed by atoms with van der Waals surface area (Å²) in [5, 5.41) is 16.0. The van der Waals surface area contributed by atoms with Crippen LogP contribution < -0.4 is 21.2 Å². The van der Waals surface area contributed by atoms with Crippen molar-refractivity contribution in [3.63, 3.8) is 0 Å². The zero-order chi connectivity index (χ0) is 34.2. The zero-order valence-electron chi connectivity index (χ0n) is 28.2. The molecule has 2 aromatic heterocycles. The highest BCUT2D eigenvalue weighted by Crippen LogP contribution is 2.40. The molecule has 0 fully saturated rings. The Balaban J connectivity index is 1.30. The monoisotopic (exact) mass is 669 g/mol. The summed E-state index contributed by atoms with van der Waals surface area (Å²) in [6.45, 7) is 9.95. The lowest BCUT2D eigenvalue weighted by Gasteiger charge is -2.44. The van der Waals surface area contributed by atoms with Gasteiger partial charge in [-0.2, -0.15) is 14.9 Å². The van der Waals surface area contributed by atoms with Crippen molar-refractivity contribution in [1.29, 1.82) is 0 Å². The lowest BCUT2D eigenvalue weighted by Crippen LogP contribution is -2.67. The van der Waals surface area contributed by atoms with E-state index in [1.807, 2.05) is 35.9 Å². The maximum Gasteiger partial charge on any atom is 0.271 e. The van der Waals surface area contributed by atoms with Gasteiger partial charge in [0.1, 0.15) is 17.3 Å². The van der Waals surface area contributed by atoms with Crippen LogP contribution in [-0.2, 0) is 11.0 Å². The molecule has 49 heavy (non-hydrogen) atoms. The van der Waals surface area contributed by atoms with Crippen molar-refractivity contribution in [2.45, 2.75) is 51.7 Å². The molecule has 9 heteroatoms. The first-order valence-corrected chi connectivity index (χ1v) is 18.6. The summed E-state index contributed by atoms with van der Waals surface area (Å²) in [5.74, 6) is 0.475. The quantitative estimate of drug-likeness (QED) is 0.177. The van der Waals surface area contributed by atoms with Crippen LogP contribution in [0.3, 0.4) is 0 Å². The van der Waals surface area contributed by atoms with Crippen LogP contribution in [0.4, 0.5) is 10.2 Å². The number of halogens is 1. The van der Waals surface area contributed by atoms with Gasteiger partial charge in [0.15, 0.2) is 0 Å². The third kappa shape index (κ3) is 6.04. The molecule has 0 bridgehead atoms. The fourth-order valence-electron chi connectivity index (χ4n) is 7.00. The summed E-state index contributed by atoms with van der Waals surface area (Å²) in [6, 6.07) is 38.6. The number of aromatic nitrogens is 4. The van der Waals surface area contributed by atoms with Crippen LogP contribution in [0, 0.1) is 12.7 Å². The lowest BCUT2D eigenvalue weighted by atomic mass is 10.0. The van der Waals surface area contributed by atoms with Crippen LogP contribution in [0.25, 0.3) is 28.2 Å². The Morgan fingerprint density at radius 1 is 0.837 bits per heavy atom. The molecule has 1 aliphatic rings. The van der Waals surface area contributed by atoms with E-state index in [9.17, 15) is 9.18 Å². The van der Waals surface area contributed by atoms with E-state index >= 15 is 0 Å². The van der Waals surface area contributed by atoms with Gasteiger partial charge in [-0.3, -0.25) is 4.79 Å². The molecule has 0 radical (unpaired) electrons. The van der Waals surface area contributed by atoms with Crippen molar-refractivity contribution < 1.29 is 8.82 Å². The van der Waals surface area contributed by atoms with E-state index in [0.29, 0.717) is 30.2 Å². The SMILES string of the molecule is Cc1ccccc1-n1nc(-c2c(-c3ccc(F)cc3)nn3c2N[C@H](CO[Si](c2ccccc2)(c2ccccc2)C(C)(C)C)CC3)ccc1=O. The first kappa shape index (κ1) is 32.4. The number of nitrogens with zero attached hydrogens (tertiary/aromatic N) is 4. The van der Waals surface area contributed by atoms with Crippen molar-refractivity contribution in [2.75, 3.05) is 11.9 Å². The van der Waals surface area contributed by atoms with Gasteiger partial charge in [-0.15, -0.1) is 0 Å². The van der Waals surface area contributed by atoms with Gasteiger partial charge < -0.3 is 9.74 Å². The summed E-state index contributed by atoms with van der Waals surface area (Å²) >= 11 is 0. The third-order valence-corrected chi connectivity index (χ3v) is 14.4. The van der Waals surface area contributed by atoms with Crippen molar-refractivity contribution in [1.82, 2.24) is 19.6 Å². The number of para-hydroxylation sites is 1. The van der Waals surface area contributed by atoms with Crippen molar-refractivity contribution in [3.05, 3.63) is 143 Å². The Hall–Kier alpha value is -5.12. The Labute approximate surface area is 287 Å². The summed E-state index contributed by atoms with van der Waals surface area (Å²) < 4.78 is 24.8. The van der Waals surface area contributed by atoms with Crippen LogP contribution in [0.5, 0.6) is 0 Å². The average molecular weight is 670 g/mol. The van der Waals surface area contributed by atoms with Crippen LogP contribution in [-0.4, -0.2) is 40.5 Å². The van der Waals surface area contributed by atoms with Crippen LogP contribution in [0.1, 0.15) is 32.8 Å². The van der Waals surface area contributed by atoms with Gasteiger partial charge in [-0.25, -0.2) is 9.07 Å². The molecular weight excluding hydrogens is 630 g/mol. The van der Waals surface area contributed by atoms with E-state index in [-0.39, 0.29) is 22.5 Å². The Morgan fingerprint density at radius 2 is 1.47 bits per heavy atom. The molecule has 0 unspecified atom stereocenters. The highest BCUT2D eigenvalue weighted by atomic mass is 28.4. The van der Waals surface area contributed by atoms with Gasteiger partial charge in [-0.05, 0) is 70.7 Å². The highest BCUT2D eigenvalue weighted by molar-refractivity contribution is 6.99. The summed E-state index contributed by atoms with van der Waals surface area (Å²) in [7, 11) is -2.76. The summed E-state index contributed by atoms with van der Waals surface area (Å²) in [4.78, 5) is 13.1. The van der Waals surface area contributed by atoms with Gasteiger partial charge in [0.25, 0.3) is 13.9 Å². The first-order chi connectivity index (χ1) is 23.7. The molecule has 1 atom stereocenters. The van der Waals surface area contributed by atoms with E-state index in [4.69, 9.17) is 14.6 Å². The third-order valence-electron chi connectivity index (χ3n) is 9.42. The minimum absolute atomic E-state index is 0.0204. The largest absolute Gasteiger partial charge is 0.405 e. The molecule has 7 rings (SSSR count). The van der Waals surface area contributed by atoms with Gasteiger partial charge >= 0.3 is 0 Å². The number of rotatable bonds is 8. The number of fused-ring (bicyclic) bond motifs is 1. The first-order valence-electron chi connectivity index (χ1n) is 16.7. The van der Waals surface area contributed by atoms with E-state index < -0.39 is 8.32 Å². The molecular formula is C40H40FN5O2Si. The average Bonchev–Trinajstić information content (AvgIpc) is 3.49. The van der Waals surface area contributed by atoms with Crippen molar-refractivity contribution in [2.24, 2.45) is 0 Å². The minimum Gasteiger partial charge on any atom is -0.405 e. The zero-order valence-corrected chi connectivity index (χ0v) is 29.2.